The second kappa shape index (κ2) is 9.12. The summed E-state index contributed by atoms with van der Waals surface area (Å²) in [6, 6.07) is 9.02. The summed E-state index contributed by atoms with van der Waals surface area (Å²) in [6.45, 7) is 7.29. The van der Waals surface area contributed by atoms with Gasteiger partial charge in [-0.3, -0.25) is 9.20 Å². The van der Waals surface area contributed by atoms with Crippen LogP contribution in [0.3, 0.4) is 0 Å². The molecule has 32 heavy (non-hydrogen) atoms. The Bertz CT molecular complexity index is 1210. The van der Waals surface area contributed by atoms with Crippen LogP contribution in [-0.2, 0) is 9.47 Å². The third-order valence-corrected chi connectivity index (χ3v) is 6.09. The molecule has 1 aliphatic heterocycles. The topological polar surface area (TPSA) is 81.9 Å². The second-order valence-corrected chi connectivity index (χ2v) is 8.43. The quantitative estimate of drug-likeness (QED) is 0.606. The molecule has 1 aromatic carbocycles. The van der Waals surface area contributed by atoms with Crippen molar-refractivity contribution in [1.82, 2.24) is 9.38 Å². The molecule has 3 heterocycles. The molecule has 1 N–H and O–H groups in total. The third-order valence-electron chi connectivity index (χ3n) is 6.09. The number of aromatic nitrogens is 2. The smallest absolute Gasteiger partial charge is 0.339 e. The first-order valence-corrected chi connectivity index (χ1v) is 10.9. The number of hydrogen-bond donors (Lipinski definition) is 1. The fraction of sp³-hybridized carbons (Fsp3) is 0.400. The molecule has 0 bridgehead atoms. The Morgan fingerprint density at radius 1 is 1.25 bits per heavy atom. The van der Waals surface area contributed by atoms with Gasteiger partial charge in [-0.15, -0.1) is 0 Å². The molecule has 0 spiro atoms. The molecule has 1 aliphatic rings. The number of nitrogens with zero attached hydrogens (tertiary/aromatic N) is 2. The van der Waals surface area contributed by atoms with Crippen molar-refractivity contribution in [3.8, 4) is 0 Å². The standard InChI is InChI=1S/C25H29N3O4/c1-15-12-20(17(3)26-23-16(2)6-5-7-19(23)25(30)31-4)24-27-21(13-22(29)28(24)14-15)18-8-10-32-11-9-18/h5-7,12-14,17-18,26H,8-11H2,1-4H3. The number of rotatable bonds is 5. The van der Waals surface area contributed by atoms with Crippen molar-refractivity contribution in [2.75, 3.05) is 25.6 Å². The zero-order valence-corrected chi connectivity index (χ0v) is 19.0. The maximum absolute atomic E-state index is 13.0. The Morgan fingerprint density at radius 3 is 2.72 bits per heavy atom. The summed E-state index contributed by atoms with van der Waals surface area (Å²) in [5.41, 5.74) is 5.36. The number of nitrogens with one attached hydrogen (secondary N) is 1. The predicted molar refractivity (Wildman–Crippen MR) is 124 cm³/mol. The van der Waals surface area contributed by atoms with Gasteiger partial charge in [0, 0.05) is 37.0 Å². The average molecular weight is 436 g/mol. The first-order chi connectivity index (χ1) is 15.4. The second-order valence-electron chi connectivity index (χ2n) is 8.43. The number of carbonyl (C=O) groups is 1. The average Bonchev–Trinajstić information content (AvgIpc) is 2.80. The normalized spacial score (nSPS) is 15.5. The van der Waals surface area contributed by atoms with Gasteiger partial charge < -0.3 is 14.8 Å². The summed E-state index contributed by atoms with van der Waals surface area (Å²) in [5, 5.41) is 3.47. The highest BCUT2D eigenvalue weighted by atomic mass is 16.5. The summed E-state index contributed by atoms with van der Waals surface area (Å²) < 4.78 is 12.1. The van der Waals surface area contributed by atoms with Crippen LogP contribution >= 0.6 is 0 Å². The van der Waals surface area contributed by atoms with E-state index in [9.17, 15) is 9.59 Å². The highest BCUT2D eigenvalue weighted by Crippen LogP contribution is 2.30. The summed E-state index contributed by atoms with van der Waals surface area (Å²) in [6.07, 6.45) is 3.55. The van der Waals surface area contributed by atoms with E-state index in [2.05, 4.69) is 5.32 Å². The number of ether oxygens (including phenoxy) is 2. The van der Waals surface area contributed by atoms with E-state index in [0.717, 1.165) is 40.9 Å². The number of methoxy groups -OCH3 is 1. The fourth-order valence-electron chi connectivity index (χ4n) is 4.34. The molecule has 168 valence electrons. The number of pyridine rings is 1. The molecule has 3 aromatic rings. The lowest BCUT2D eigenvalue weighted by atomic mass is 9.96. The van der Waals surface area contributed by atoms with E-state index in [-0.39, 0.29) is 17.5 Å². The van der Waals surface area contributed by atoms with E-state index in [1.54, 1.807) is 16.5 Å². The van der Waals surface area contributed by atoms with Crippen LogP contribution in [-0.4, -0.2) is 35.7 Å². The van der Waals surface area contributed by atoms with Gasteiger partial charge in [-0.1, -0.05) is 12.1 Å². The summed E-state index contributed by atoms with van der Waals surface area (Å²) >= 11 is 0. The molecular formula is C25H29N3O4. The Kier molecular flexibility index (Phi) is 6.28. The fourth-order valence-corrected chi connectivity index (χ4v) is 4.34. The monoisotopic (exact) mass is 435 g/mol. The Labute approximate surface area is 187 Å². The zero-order chi connectivity index (χ0) is 22.8. The van der Waals surface area contributed by atoms with Crippen molar-refractivity contribution in [3.63, 3.8) is 0 Å². The molecule has 1 fully saturated rings. The molecule has 0 aliphatic carbocycles. The van der Waals surface area contributed by atoms with Crippen LogP contribution in [0, 0.1) is 13.8 Å². The van der Waals surface area contributed by atoms with Crippen molar-refractivity contribution < 1.29 is 14.3 Å². The van der Waals surface area contributed by atoms with Crippen LogP contribution in [0.15, 0.2) is 41.3 Å². The minimum absolute atomic E-state index is 0.0835. The number of benzene rings is 1. The van der Waals surface area contributed by atoms with Crippen LogP contribution in [0.25, 0.3) is 5.65 Å². The minimum Gasteiger partial charge on any atom is -0.465 e. The van der Waals surface area contributed by atoms with E-state index in [0.29, 0.717) is 24.4 Å². The molecule has 7 nitrogen and oxygen atoms in total. The molecule has 7 heteroatoms. The molecule has 1 atom stereocenters. The van der Waals surface area contributed by atoms with Gasteiger partial charge in [-0.25, -0.2) is 9.78 Å². The lowest BCUT2D eigenvalue weighted by Gasteiger charge is -2.24. The largest absolute Gasteiger partial charge is 0.465 e. The highest BCUT2D eigenvalue weighted by molar-refractivity contribution is 5.96. The van der Waals surface area contributed by atoms with Crippen molar-refractivity contribution in [3.05, 3.63) is 74.8 Å². The number of para-hydroxylation sites is 1. The lowest BCUT2D eigenvalue weighted by molar-refractivity contribution is 0.0601. The van der Waals surface area contributed by atoms with E-state index >= 15 is 0 Å². The molecule has 0 amide bonds. The number of hydrogen-bond acceptors (Lipinski definition) is 6. The zero-order valence-electron chi connectivity index (χ0n) is 19.0. The van der Waals surface area contributed by atoms with Gasteiger partial charge in [0.25, 0.3) is 5.56 Å². The molecule has 1 unspecified atom stereocenters. The number of aryl methyl sites for hydroxylation is 2. The number of fused-ring (bicyclic) bond motifs is 1. The van der Waals surface area contributed by atoms with E-state index < -0.39 is 5.97 Å². The van der Waals surface area contributed by atoms with Crippen LogP contribution in [0.5, 0.6) is 0 Å². The van der Waals surface area contributed by atoms with E-state index in [1.165, 1.54) is 7.11 Å². The van der Waals surface area contributed by atoms with Crippen molar-refractivity contribution in [2.45, 2.75) is 45.6 Å². The summed E-state index contributed by atoms with van der Waals surface area (Å²) in [7, 11) is 1.38. The van der Waals surface area contributed by atoms with Gasteiger partial charge in [0.2, 0.25) is 0 Å². The van der Waals surface area contributed by atoms with Crippen molar-refractivity contribution >= 4 is 17.3 Å². The molecule has 4 rings (SSSR count). The number of carbonyl (C=O) groups excluding carboxylic acids is 1. The van der Waals surface area contributed by atoms with E-state index in [1.807, 2.05) is 45.2 Å². The highest BCUT2D eigenvalue weighted by Gasteiger charge is 2.22. The van der Waals surface area contributed by atoms with Gasteiger partial charge in [0.05, 0.1) is 30.1 Å². The minimum atomic E-state index is -0.395. The Morgan fingerprint density at radius 2 is 2.00 bits per heavy atom. The molecule has 1 saturated heterocycles. The van der Waals surface area contributed by atoms with Crippen molar-refractivity contribution in [1.29, 1.82) is 0 Å². The Balaban J connectivity index is 1.79. The maximum atomic E-state index is 13.0. The maximum Gasteiger partial charge on any atom is 0.339 e. The lowest BCUT2D eigenvalue weighted by Crippen LogP contribution is -2.23. The van der Waals surface area contributed by atoms with Gasteiger partial charge in [-0.2, -0.15) is 0 Å². The summed E-state index contributed by atoms with van der Waals surface area (Å²) in [4.78, 5) is 30.2. The molecule has 2 aromatic heterocycles. The van der Waals surface area contributed by atoms with Crippen molar-refractivity contribution in [2.24, 2.45) is 0 Å². The first kappa shape index (κ1) is 22.0. The van der Waals surface area contributed by atoms with Gasteiger partial charge >= 0.3 is 5.97 Å². The molecule has 0 radical (unpaired) electrons. The van der Waals surface area contributed by atoms with E-state index in [4.69, 9.17) is 14.5 Å². The van der Waals surface area contributed by atoms with Crippen LogP contribution in [0.1, 0.15) is 64.5 Å². The number of esters is 1. The number of anilines is 1. The predicted octanol–water partition coefficient (Wildman–Crippen LogP) is 4.17. The van der Waals surface area contributed by atoms with Crippen LogP contribution in [0.2, 0.25) is 0 Å². The van der Waals surface area contributed by atoms with Crippen LogP contribution < -0.4 is 10.9 Å². The van der Waals surface area contributed by atoms with Crippen LogP contribution in [0.4, 0.5) is 5.69 Å². The van der Waals surface area contributed by atoms with Gasteiger partial charge in [-0.05, 0) is 56.9 Å². The molecule has 0 saturated carbocycles. The van der Waals surface area contributed by atoms with Gasteiger partial charge in [0.1, 0.15) is 5.65 Å². The third kappa shape index (κ3) is 4.25. The summed E-state index contributed by atoms with van der Waals surface area (Å²) in [5.74, 6) is -0.171. The Hall–Kier alpha value is -3.19. The first-order valence-electron chi connectivity index (χ1n) is 10.9. The molecular weight excluding hydrogens is 406 g/mol. The van der Waals surface area contributed by atoms with Gasteiger partial charge in [0.15, 0.2) is 0 Å². The SMILES string of the molecule is COC(=O)c1cccc(C)c1NC(C)c1cc(C)cn2c(=O)cc(C3CCOCC3)nc12.